The van der Waals surface area contributed by atoms with E-state index < -0.39 is 0 Å². The molecule has 1 heterocycles. The van der Waals surface area contributed by atoms with Crippen molar-refractivity contribution in [1.82, 2.24) is 0 Å². The normalized spacial score (nSPS) is 34.7. The van der Waals surface area contributed by atoms with E-state index in [2.05, 4.69) is 27.0 Å². The Kier molecular flexibility index (Phi) is 4.12. The van der Waals surface area contributed by atoms with Crippen molar-refractivity contribution in [2.45, 2.75) is 32.4 Å². The second-order valence-corrected chi connectivity index (χ2v) is 4.97. The third-order valence-electron chi connectivity index (χ3n) is 3.81. The molecule has 3 atom stereocenters. The lowest BCUT2D eigenvalue weighted by atomic mass is 9.89. The number of likely N-dealkylation sites (tertiary alicyclic amines) is 1. The lowest BCUT2D eigenvalue weighted by Gasteiger charge is -2.49. The molecule has 86 valence electrons. The van der Waals surface area contributed by atoms with E-state index in [-0.39, 0.29) is 6.10 Å². The lowest BCUT2D eigenvalue weighted by Crippen LogP contribution is -2.62. The fraction of sp³-hybridized carbons (Fsp3) is 0.692. The zero-order valence-corrected chi connectivity index (χ0v) is 10.0. The largest absolute Gasteiger partial charge is 0.392 e. The maximum Gasteiger partial charge on any atom is 0.0975 e. The molecule has 0 radical (unpaired) electrons. The maximum absolute atomic E-state index is 9.86. The first kappa shape index (κ1) is 12.5. The first-order chi connectivity index (χ1) is 7.05. The molecule has 1 aliphatic rings. The van der Waals surface area contributed by atoms with Crippen molar-refractivity contribution in [1.29, 1.82) is 0 Å². The number of hydrogen-bond donors (Lipinski definition) is 1. The van der Waals surface area contributed by atoms with Crippen molar-refractivity contribution in [3.63, 3.8) is 0 Å². The predicted molar refractivity (Wildman–Crippen MR) is 64.5 cm³/mol. The molecule has 0 aromatic heterocycles. The van der Waals surface area contributed by atoms with Crippen LogP contribution in [0.25, 0.3) is 0 Å². The molecule has 0 amide bonds. The van der Waals surface area contributed by atoms with E-state index in [4.69, 9.17) is 0 Å². The van der Waals surface area contributed by atoms with Gasteiger partial charge in [-0.25, -0.2) is 0 Å². The molecule has 0 unspecified atom stereocenters. The second kappa shape index (κ2) is 4.95. The molecule has 0 spiro atoms. The van der Waals surface area contributed by atoms with Gasteiger partial charge in [0.1, 0.15) is 0 Å². The number of hydrogen-bond acceptors (Lipinski definition) is 1. The van der Waals surface area contributed by atoms with Crippen LogP contribution in [0.4, 0.5) is 0 Å². The first-order valence-corrected chi connectivity index (χ1v) is 5.81. The van der Waals surface area contributed by atoms with Gasteiger partial charge in [-0.15, -0.1) is 0 Å². The summed E-state index contributed by atoms with van der Waals surface area (Å²) in [5.41, 5.74) is 0. The van der Waals surface area contributed by atoms with E-state index in [1.165, 1.54) is 0 Å². The molecule has 1 aliphatic heterocycles. The minimum Gasteiger partial charge on any atom is -0.392 e. The Labute approximate surface area is 93.5 Å². The van der Waals surface area contributed by atoms with Gasteiger partial charge in [-0.1, -0.05) is 20.1 Å². The summed E-state index contributed by atoms with van der Waals surface area (Å²) in [4.78, 5) is 0. The van der Waals surface area contributed by atoms with E-state index in [1.807, 2.05) is 12.2 Å². The highest BCUT2D eigenvalue weighted by Crippen LogP contribution is 2.29. The van der Waals surface area contributed by atoms with Crippen LogP contribution < -0.4 is 0 Å². The van der Waals surface area contributed by atoms with Crippen LogP contribution in [0.5, 0.6) is 0 Å². The highest BCUT2D eigenvalue weighted by atomic mass is 16.3. The molecule has 15 heavy (non-hydrogen) atoms. The van der Waals surface area contributed by atoms with E-state index in [0.717, 1.165) is 30.5 Å². The molecular formula is C13H24NO+. The Balaban J connectivity index is 2.84. The van der Waals surface area contributed by atoms with Crippen LogP contribution in [0.2, 0.25) is 0 Å². The number of piperidine rings is 1. The summed E-state index contributed by atoms with van der Waals surface area (Å²) < 4.78 is 1.01. The standard InChI is InChI=1S/C13H24NO/c1-5-7-14(8-6-2)10-11(3)13(15)9-12(14)4/h5-6,11-13,15H,1-2,7-10H2,3-4H3/q+1/t11-,12+,13+/m1/s1. The molecule has 0 aliphatic carbocycles. The van der Waals surface area contributed by atoms with Gasteiger partial charge in [-0.3, -0.25) is 0 Å². The molecule has 1 saturated heterocycles. The van der Waals surface area contributed by atoms with Gasteiger partial charge in [0.15, 0.2) is 0 Å². The molecule has 0 saturated carbocycles. The Morgan fingerprint density at radius 3 is 2.27 bits per heavy atom. The average Bonchev–Trinajstić information content (AvgIpc) is 2.16. The molecule has 1 N–H and O–H groups in total. The Bertz CT molecular complexity index is 227. The zero-order chi connectivity index (χ0) is 11.5. The smallest absolute Gasteiger partial charge is 0.0975 e. The van der Waals surface area contributed by atoms with Gasteiger partial charge in [0.05, 0.1) is 31.8 Å². The van der Waals surface area contributed by atoms with E-state index in [0.29, 0.717) is 12.0 Å². The molecule has 2 nitrogen and oxygen atoms in total. The molecule has 0 aromatic carbocycles. The van der Waals surface area contributed by atoms with Gasteiger partial charge >= 0.3 is 0 Å². The van der Waals surface area contributed by atoms with Crippen molar-refractivity contribution in [2.75, 3.05) is 19.6 Å². The third kappa shape index (κ3) is 2.50. The number of nitrogens with zero attached hydrogens (tertiary/aromatic N) is 1. The minimum absolute atomic E-state index is 0.138. The summed E-state index contributed by atoms with van der Waals surface area (Å²) in [7, 11) is 0. The minimum atomic E-state index is -0.138. The monoisotopic (exact) mass is 210 g/mol. The molecule has 0 bridgehead atoms. The Morgan fingerprint density at radius 1 is 1.27 bits per heavy atom. The van der Waals surface area contributed by atoms with Gasteiger partial charge in [0.25, 0.3) is 0 Å². The van der Waals surface area contributed by atoms with Crippen LogP contribution in [0.1, 0.15) is 20.3 Å². The van der Waals surface area contributed by atoms with Crippen LogP contribution >= 0.6 is 0 Å². The second-order valence-electron chi connectivity index (χ2n) is 4.97. The summed E-state index contributed by atoms with van der Waals surface area (Å²) in [5.74, 6) is 0.376. The quantitative estimate of drug-likeness (QED) is 0.555. The fourth-order valence-electron chi connectivity index (χ4n) is 2.78. The Morgan fingerprint density at radius 2 is 1.80 bits per heavy atom. The maximum atomic E-state index is 9.86. The van der Waals surface area contributed by atoms with Crippen LogP contribution in [0.3, 0.4) is 0 Å². The first-order valence-electron chi connectivity index (χ1n) is 5.81. The average molecular weight is 210 g/mol. The van der Waals surface area contributed by atoms with Crippen molar-refractivity contribution in [3.8, 4) is 0 Å². The van der Waals surface area contributed by atoms with Gasteiger partial charge in [-0.2, -0.15) is 0 Å². The summed E-state index contributed by atoms with van der Waals surface area (Å²) in [6.07, 6.45) is 4.73. The predicted octanol–water partition coefficient (Wildman–Crippen LogP) is 1.96. The number of aliphatic hydroxyl groups is 1. The Hall–Kier alpha value is -0.600. The van der Waals surface area contributed by atoms with Crippen LogP contribution in [-0.2, 0) is 0 Å². The topological polar surface area (TPSA) is 20.2 Å². The SMILES string of the molecule is C=CC[N+]1(CC=C)C[C@@H](C)[C@@H](O)C[C@@H]1C. The van der Waals surface area contributed by atoms with Gasteiger partial charge in [0, 0.05) is 12.3 Å². The molecule has 0 aromatic rings. The van der Waals surface area contributed by atoms with Crippen molar-refractivity contribution >= 4 is 0 Å². The highest BCUT2D eigenvalue weighted by molar-refractivity contribution is 4.81. The molecule has 2 heteroatoms. The highest BCUT2D eigenvalue weighted by Gasteiger charge is 2.41. The fourth-order valence-corrected chi connectivity index (χ4v) is 2.78. The van der Waals surface area contributed by atoms with Crippen LogP contribution in [0, 0.1) is 5.92 Å². The summed E-state index contributed by atoms with van der Waals surface area (Å²) in [6.45, 7) is 15.0. The van der Waals surface area contributed by atoms with Crippen molar-refractivity contribution in [3.05, 3.63) is 25.3 Å². The van der Waals surface area contributed by atoms with Crippen molar-refractivity contribution < 1.29 is 9.59 Å². The van der Waals surface area contributed by atoms with E-state index in [1.54, 1.807) is 0 Å². The molecule has 1 fully saturated rings. The summed E-state index contributed by atoms with van der Waals surface area (Å²) >= 11 is 0. The zero-order valence-electron chi connectivity index (χ0n) is 10.0. The molecule has 1 rings (SSSR count). The van der Waals surface area contributed by atoms with E-state index in [9.17, 15) is 5.11 Å². The van der Waals surface area contributed by atoms with Gasteiger partial charge in [0.2, 0.25) is 0 Å². The third-order valence-corrected chi connectivity index (χ3v) is 3.81. The van der Waals surface area contributed by atoms with Crippen LogP contribution in [-0.4, -0.2) is 41.4 Å². The number of rotatable bonds is 4. The molecular weight excluding hydrogens is 186 g/mol. The van der Waals surface area contributed by atoms with Gasteiger partial charge in [-0.05, 0) is 19.1 Å². The number of aliphatic hydroxyl groups excluding tert-OH is 1. The van der Waals surface area contributed by atoms with Crippen LogP contribution in [0.15, 0.2) is 25.3 Å². The van der Waals surface area contributed by atoms with Crippen molar-refractivity contribution in [2.24, 2.45) is 5.92 Å². The number of quaternary nitrogens is 1. The van der Waals surface area contributed by atoms with Gasteiger partial charge < -0.3 is 9.59 Å². The summed E-state index contributed by atoms with van der Waals surface area (Å²) in [6, 6.07) is 0.493. The lowest BCUT2D eigenvalue weighted by molar-refractivity contribution is -0.948. The van der Waals surface area contributed by atoms with E-state index >= 15 is 0 Å². The summed E-state index contributed by atoms with van der Waals surface area (Å²) in [5, 5.41) is 9.86.